The summed E-state index contributed by atoms with van der Waals surface area (Å²) in [5, 5.41) is 12.5. The van der Waals surface area contributed by atoms with Crippen LogP contribution in [0, 0.1) is 0 Å². The molecule has 3 nitrogen and oxygen atoms in total. The Morgan fingerprint density at radius 1 is 1.36 bits per heavy atom. The van der Waals surface area contributed by atoms with Crippen LogP contribution in [0.4, 0.5) is 5.69 Å². The molecule has 0 amide bonds. The van der Waals surface area contributed by atoms with Gasteiger partial charge in [-0.2, -0.15) is 0 Å². The largest absolute Gasteiger partial charge is 0.508 e. The first-order valence-corrected chi connectivity index (χ1v) is 4.93. The molecule has 2 atom stereocenters. The van der Waals surface area contributed by atoms with Gasteiger partial charge in [-0.15, -0.1) is 0 Å². The molecule has 2 N–H and O–H groups in total. The standard InChI is InChI=1S/C11H15NO2/c1-8-11(6-7-14-8)12-9-2-4-10(13)5-3-9/h2-5,8,11-13H,6-7H2,1H3. The molecule has 0 spiro atoms. The van der Waals surface area contributed by atoms with Crippen molar-refractivity contribution in [3.63, 3.8) is 0 Å². The molecule has 0 saturated carbocycles. The van der Waals surface area contributed by atoms with Crippen LogP contribution in [0.25, 0.3) is 0 Å². The van der Waals surface area contributed by atoms with E-state index in [2.05, 4.69) is 12.2 Å². The van der Waals surface area contributed by atoms with Crippen molar-refractivity contribution in [1.29, 1.82) is 0 Å². The van der Waals surface area contributed by atoms with E-state index in [4.69, 9.17) is 9.84 Å². The molecule has 76 valence electrons. The van der Waals surface area contributed by atoms with Crippen molar-refractivity contribution in [2.75, 3.05) is 11.9 Å². The number of aromatic hydroxyl groups is 1. The van der Waals surface area contributed by atoms with E-state index in [-0.39, 0.29) is 6.10 Å². The van der Waals surface area contributed by atoms with Crippen molar-refractivity contribution >= 4 is 5.69 Å². The number of hydrogen-bond donors (Lipinski definition) is 2. The lowest BCUT2D eigenvalue weighted by molar-refractivity contribution is 0.121. The first-order chi connectivity index (χ1) is 6.75. The Hall–Kier alpha value is -1.22. The number of ether oxygens (including phenoxy) is 1. The minimum Gasteiger partial charge on any atom is -0.508 e. The van der Waals surface area contributed by atoms with Gasteiger partial charge >= 0.3 is 0 Å². The number of benzene rings is 1. The zero-order valence-corrected chi connectivity index (χ0v) is 8.23. The molecule has 1 aliphatic heterocycles. The topological polar surface area (TPSA) is 41.5 Å². The van der Waals surface area contributed by atoms with Crippen LogP contribution in [0.15, 0.2) is 24.3 Å². The normalized spacial score (nSPS) is 26.4. The van der Waals surface area contributed by atoms with Gasteiger partial charge in [0.25, 0.3) is 0 Å². The average molecular weight is 193 g/mol. The Kier molecular flexibility index (Phi) is 2.59. The van der Waals surface area contributed by atoms with E-state index in [1.807, 2.05) is 12.1 Å². The summed E-state index contributed by atoms with van der Waals surface area (Å²) in [5.74, 6) is 0.297. The molecular formula is C11H15NO2. The molecule has 0 radical (unpaired) electrons. The number of phenols is 1. The Morgan fingerprint density at radius 2 is 2.07 bits per heavy atom. The van der Waals surface area contributed by atoms with Gasteiger partial charge in [0.2, 0.25) is 0 Å². The van der Waals surface area contributed by atoms with Gasteiger partial charge in [0.1, 0.15) is 5.75 Å². The van der Waals surface area contributed by atoms with Gasteiger partial charge in [0, 0.05) is 12.3 Å². The molecule has 0 aliphatic carbocycles. The number of phenolic OH excluding ortho intramolecular Hbond substituents is 1. The van der Waals surface area contributed by atoms with Crippen molar-refractivity contribution in [1.82, 2.24) is 0 Å². The Bertz CT molecular complexity index is 297. The quantitative estimate of drug-likeness (QED) is 0.706. The third kappa shape index (κ3) is 1.99. The van der Waals surface area contributed by atoms with E-state index < -0.39 is 0 Å². The van der Waals surface area contributed by atoms with Crippen LogP contribution >= 0.6 is 0 Å². The van der Waals surface area contributed by atoms with Crippen molar-refractivity contribution < 1.29 is 9.84 Å². The van der Waals surface area contributed by atoms with Crippen molar-refractivity contribution in [3.8, 4) is 5.75 Å². The molecule has 1 aromatic rings. The van der Waals surface area contributed by atoms with Gasteiger partial charge in [-0.3, -0.25) is 0 Å². The molecule has 2 unspecified atom stereocenters. The number of rotatable bonds is 2. The summed E-state index contributed by atoms with van der Waals surface area (Å²) in [5.41, 5.74) is 1.03. The second-order valence-corrected chi connectivity index (χ2v) is 3.66. The first-order valence-electron chi connectivity index (χ1n) is 4.93. The molecule has 1 fully saturated rings. The molecule has 2 rings (SSSR count). The van der Waals surface area contributed by atoms with E-state index in [1.165, 1.54) is 0 Å². The van der Waals surface area contributed by atoms with E-state index in [0.717, 1.165) is 18.7 Å². The zero-order valence-electron chi connectivity index (χ0n) is 8.23. The zero-order chi connectivity index (χ0) is 9.97. The van der Waals surface area contributed by atoms with Crippen LogP contribution < -0.4 is 5.32 Å². The number of anilines is 1. The Morgan fingerprint density at radius 3 is 2.64 bits per heavy atom. The highest BCUT2D eigenvalue weighted by Gasteiger charge is 2.23. The maximum Gasteiger partial charge on any atom is 0.115 e. The van der Waals surface area contributed by atoms with Crippen molar-refractivity contribution in [3.05, 3.63) is 24.3 Å². The highest BCUT2D eigenvalue weighted by Crippen LogP contribution is 2.20. The Labute approximate surface area is 83.7 Å². The molecular weight excluding hydrogens is 178 g/mol. The Balaban J connectivity index is 2.00. The van der Waals surface area contributed by atoms with Crippen LogP contribution in [0.3, 0.4) is 0 Å². The van der Waals surface area contributed by atoms with E-state index in [0.29, 0.717) is 11.8 Å². The fourth-order valence-electron chi connectivity index (χ4n) is 1.69. The average Bonchev–Trinajstić information content (AvgIpc) is 2.56. The van der Waals surface area contributed by atoms with Crippen LogP contribution in [-0.4, -0.2) is 23.9 Å². The van der Waals surface area contributed by atoms with Gasteiger partial charge in [0.15, 0.2) is 0 Å². The number of nitrogens with one attached hydrogen (secondary N) is 1. The minimum atomic E-state index is 0.267. The van der Waals surface area contributed by atoms with Crippen LogP contribution in [0.1, 0.15) is 13.3 Å². The summed E-state index contributed by atoms with van der Waals surface area (Å²) in [6.07, 6.45) is 1.31. The monoisotopic (exact) mass is 193 g/mol. The van der Waals surface area contributed by atoms with Gasteiger partial charge < -0.3 is 15.2 Å². The van der Waals surface area contributed by atoms with E-state index in [1.54, 1.807) is 12.1 Å². The summed E-state index contributed by atoms with van der Waals surface area (Å²) >= 11 is 0. The van der Waals surface area contributed by atoms with Crippen LogP contribution in [0.2, 0.25) is 0 Å². The lowest BCUT2D eigenvalue weighted by Gasteiger charge is -2.17. The van der Waals surface area contributed by atoms with Crippen LogP contribution in [0.5, 0.6) is 5.75 Å². The SMILES string of the molecule is CC1OCCC1Nc1ccc(O)cc1. The number of hydrogen-bond acceptors (Lipinski definition) is 3. The second kappa shape index (κ2) is 3.88. The lowest BCUT2D eigenvalue weighted by Crippen LogP contribution is -2.26. The minimum absolute atomic E-state index is 0.267. The molecule has 1 aliphatic rings. The lowest BCUT2D eigenvalue weighted by atomic mass is 10.1. The van der Waals surface area contributed by atoms with Crippen molar-refractivity contribution in [2.45, 2.75) is 25.5 Å². The first kappa shape index (κ1) is 9.34. The fourth-order valence-corrected chi connectivity index (χ4v) is 1.69. The van der Waals surface area contributed by atoms with Gasteiger partial charge in [-0.1, -0.05) is 0 Å². The predicted octanol–water partition coefficient (Wildman–Crippen LogP) is 1.98. The van der Waals surface area contributed by atoms with Crippen molar-refractivity contribution in [2.24, 2.45) is 0 Å². The molecule has 3 heteroatoms. The van der Waals surface area contributed by atoms with Gasteiger partial charge in [0.05, 0.1) is 12.1 Å². The second-order valence-electron chi connectivity index (χ2n) is 3.66. The van der Waals surface area contributed by atoms with Crippen LogP contribution in [-0.2, 0) is 4.74 Å². The van der Waals surface area contributed by atoms with E-state index in [9.17, 15) is 0 Å². The smallest absolute Gasteiger partial charge is 0.115 e. The molecule has 0 aromatic heterocycles. The maximum absolute atomic E-state index is 9.12. The predicted molar refractivity (Wildman–Crippen MR) is 55.5 cm³/mol. The van der Waals surface area contributed by atoms with Gasteiger partial charge in [-0.05, 0) is 37.6 Å². The third-order valence-corrected chi connectivity index (χ3v) is 2.60. The molecule has 1 saturated heterocycles. The fraction of sp³-hybridized carbons (Fsp3) is 0.455. The van der Waals surface area contributed by atoms with Gasteiger partial charge in [-0.25, -0.2) is 0 Å². The maximum atomic E-state index is 9.12. The molecule has 0 bridgehead atoms. The van der Waals surface area contributed by atoms with E-state index >= 15 is 0 Å². The highest BCUT2D eigenvalue weighted by molar-refractivity contribution is 5.47. The molecule has 1 heterocycles. The molecule has 14 heavy (non-hydrogen) atoms. The molecule has 1 aromatic carbocycles. The summed E-state index contributed by atoms with van der Waals surface area (Å²) < 4.78 is 5.45. The summed E-state index contributed by atoms with van der Waals surface area (Å²) in [4.78, 5) is 0. The summed E-state index contributed by atoms with van der Waals surface area (Å²) in [6, 6.07) is 7.51. The third-order valence-electron chi connectivity index (χ3n) is 2.60. The summed E-state index contributed by atoms with van der Waals surface area (Å²) in [6.45, 7) is 2.90. The summed E-state index contributed by atoms with van der Waals surface area (Å²) in [7, 11) is 0. The highest BCUT2D eigenvalue weighted by atomic mass is 16.5.